The molecule has 1 heteroatoms. The number of carbonyl (C=O) groups excluding carboxylic acids is 1. The standard InChI is InChI=1S/C15H22O/c1-4-5-6-7-15(16)11-14-9-12(2)8-13(3)10-14/h8-10H,4-7,11H2,1-3H3. The van der Waals surface area contributed by atoms with Crippen LogP contribution in [0.5, 0.6) is 0 Å². The van der Waals surface area contributed by atoms with Gasteiger partial charge in [-0.15, -0.1) is 0 Å². The first-order valence-corrected chi connectivity index (χ1v) is 6.20. The van der Waals surface area contributed by atoms with Crippen LogP contribution in [0.25, 0.3) is 0 Å². The van der Waals surface area contributed by atoms with Crippen LogP contribution in [0, 0.1) is 13.8 Å². The van der Waals surface area contributed by atoms with E-state index in [-0.39, 0.29) is 0 Å². The van der Waals surface area contributed by atoms with Gasteiger partial charge in [-0.3, -0.25) is 4.79 Å². The van der Waals surface area contributed by atoms with Gasteiger partial charge in [0.05, 0.1) is 0 Å². The molecule has 1 aromatic rings. The molecule has 1 aromatic carbocycles. The van der Waals surface area contributed by atoms with Crippen molar-refractivity contribution in [2.45, 2.75) is 52.9 Å². The smallest absolute Gasteiger partial charge is 0.137 e. The SMILES string of the molecule is CCCCCC(=O)Cc1cc(C)cc(C)c1. The molecule has 0 saturated heterocycles. The molecule has 1 rings (SSSR count). The Labute approximate surface area is 98.9 Å². The summed E-state index contributed by atoms with van der Waals surface area (Å²) in [6, 6.07) is 6.38. The van der Waals surface area contributed by atoms with Crippen molar-refractivity contribution in [3.8, 4) is 0 Å². The van der Waals surface area contributed by atoms with Crippen molar-refractivity contribution in [2.24, 2.45) is 0 Å². The average molecular weight is 218 g/mol. The van der Waals surface area contributed by atoms with Gasteiger partial charge in [-0.25, -0.2) is 0 Å². The van der Waals surface area contributed by atoms with Gasteiger partial charge in [-0.2, -0.15) is 0 Å². The van der Waals surface area contributed by atoms with Crippen molar-refractivity contribution in [3.05, 3.63) is 34.9 Å². The topological polar surface area (TPSA) is 17.1 Å². The summed E-state index contributed by atoms with van der Waals surface area (Å²) < 4.78 is 0. The number of benzene rings is 1. The van der Waals surface area contributed by atoms with Crippen molar-refractivity contribution in [3.63, 3.8) is 0 Å². The summed E-state index contributed by atoms with van der Waals surface area (Å²) in [6.07, 6.45) is 4.72. The summed E-state index contributed by atoms with van der Waals surface area (Å²) in [5.74, 6) is 0.374. The van der Waals surface area contributed by atoms with Gasteiger partial charge in [-0.1, -0.05) is 49.1 Å². The lowest BCUT2D eigenvalue weighted by Crippen LogP contribution is -2.03. The first-order valence-electron chi connectivity index (χ1n) is 6.20. The van der Waals surface area contributed by atoms with Gasteiger partial charge >= 0.3 is 0 Å². The van der Waals surface area contributed by atoms with Crippen molar-refractivity contribution in [1.29, 1.82) is 0 Å². The Kier molecular flexibility index (Phi) is 5.24. The molecular formula is C15H22O. The molecule has 0 aromatic heterocycles. The van der Waals surface area contributed by atoms with Crippen LogP contribution in [0.3, 0.4) is 0 Å². The van der Waals surface area contributed by atoms with E-state index in [0.29, 0.717) is 12.2 Å². The molecule has 0 N–H and O–H groups in total. The maximum absolute atomic E-state index is 11.7. The van der Waals surface area contributed by atoms with Crippen molar-refractivity contribution >= 4 is 5.78 Å². The molecule has 16 heavy (non-hydrogen) atoms. The number of carbonyl (C=O) groups is 1. The van der Waals surface area contributed by atoms with E-state index in [1.54, 1.807) is 0 Å². The Balaban J connectivity index is 2.49. The minimum atomic E-state index is 0.374. The molecular weight excluding hydrogens is 196 g/mol. The fraction of sp³-hybridized carbons (Fsp3) is 0.533. The van der Waals surface area contributed by atoms with Crippen LogP contribution in [-0.2, 0) is 11.2 Å². The van der Waals surface area contributed by atoms with Crippen LogP contribution in [0.1, 0.15) is 49.3 Å². The molecule has 0 bridgehead atoms. The van der Waals surface area contributed by atoms with Crippen molar-refractivity contribution in [1.82, 2.24) is 0 Å². The molecule has 0 aliphatic carbocycles. The lowest BCUT2D eigenvalue weighted by molar-refractivity contribution is -0.118. The normalized spacial score (nSPS) is 10.4. The third-order valence-corrected chi connectivity index (χ3v) is 2.74. The maximum Gasteiger partial charge on any atom is 0.137 e. The Morgan fingerprint density at radius 3 is 2.25 bits per heavy atom. The van der Waals surface area contributed by atoms with E-state index in [2.05, 4.69) is 39.0 Å². The molecule has 0 fully saturated rings. The molecule has 0 spiro atoms. The van der Waals surface area contributed by atoms with E-state index in [9.17, 15) is 4.79 Å². The van der Waals surface area contributed by atoms with E-state index in [4.69, 9.17) is 0 Å². The Hall–Kier alpha value is -1.11. The highest BCUT2D eigenvalue weighted by atomic mass is 16.1. The van der Waals surface area contributed by atoms with Crippen molar-refractivity contribution < 1.29 is 4.79 Å². The first kappa shape index (κ1) is 13.0. The summed E-state index contributed by atoms with van der Waals surface area (Å²) in [5.41, 5.74) is 3.66. The number of rotatable bonds is 6. The van der Waals surface area contributed by atoms with Gasteiger partial charge in [0, 0.05) is 12.8 Å². The lowest BCUT2D eigenvalue weighted by Gasteiger charge is -2.04. The monoisotopic (exact) mass is 218 g/mol. The number of Topliss-reactive ketones (excluding diaryl/α,β-unsaturated/α-hetero) is 1. The molecule has 0 aliphatic heterocycles. The summed E-state index contributed by atoms with van der Waals surface area (Å²) in [5, 5.41) is 0. The fourth-order valence-electron chi connectivity index (χ4n) is 2.06. The lowest BCUT2D eigenvalue weighted by atomic mass is 10.0. The molecule has 0 unspecified atom stereocenters. The second-order valence-corrected chi connectivity index (χ2v) is 4.67. The van der Waals surface area contributed by atoms with Gasteiger partial charge in [-0.05, 0) is 25.8 Å². The van der Waals surface area contributed by atoms with Crippen LogP contribution in [0.15, 0.2) is 18.2 Å². The minimum Gasteiger partial charge on any atom is -0.299 e. The fourth-order valence-corrected chi connectivity index (χ4v) is 2.06. The van der Waals surface area contributed by atoms with Gasteiger partial charge in [0.2, 0.25) is 0 Å². The van der Waals surface area contributed by atoms with E-state index in [0.717, 1.165) is 12.8 Å². The quantitative estimate of drug-likeness (QED) is 0.660. The van der Waals surface area contributed by atoms with E-state index in [1.807, 2.05) is 0 Å². The van der Waals surface area contributed by atoms with Gasteiger partial charge in [0.1, 0.15) is 5.78 Å². The zero-order valence-electron chi connectivity index (χ0n) is 10.7. The number of aryl methyl sites for hydroxylation is 2. The summed E-state index contributed by atoms with van der Waals surface area (Å²) in [4.78, 5) is 11.7. The maximum atomic E-state index is 11.7. The molecule has 0 aliphatic rings. The summed E-state index contributed by atoms with van der Waals surface area (Å²) >= 11 is 0. The highest BCUT2D eigenvalue weighted by molar-refractivity contribution is 5.80. The van der Waals surface area contributed by atoms with E-state index < -0.39 is 0 Å². The minimum absolute atomic E-state index is 0.374. The van der Waals surface area contributed by atoms with Crippen LogP contribution >= 0.6 is 0 Å². The van der Waals surface area contributed by atoms with E-state index in [1.165, 1.54) is 29.5 Å². The Morgan fingerprint density at radius 1 is 1.06 bits per heavy atom. The molecule has 0 radical (unpaired) electrons. The molecule has 0 amide bonds. The van der Waals surface area contributed by atoms with Gasteiger partial charge in [0.15, 0.2) is 0 Å². The molecule has 0 saturated carbocycles. The zero-order chi connectivity index (χ0) is 12.0. The van der Waals surface area contributed by atoms with E-state index >= 15 is 0 Å². The Bertz CT molecular complexity index is 332. The number of ketones is 1. The zero-order valence-corrected chi connectivity index (χ0v) is 10.7. The molecule has 1 nitrogen and oxygen atoms in total. The number of unbranched alkanes of at least 4 members (excludes halogenated alkanes) is 2. The largest absolute Gasteiger partial charge is 0.299 e. The predicted octanol–water partition coefficient (Wildman–Crippen LogP) is 4.00. The summed E-state index contributed by atoms with van der Waals surface area (Å²) in [7, 11) is 0. The number of hydrogen-bond acceptors (Lipinski definition) is 1. The van der Waals surface area contributed by atoms with Crippen LogP contribution < -0.4 is 0 Å². The molecule has 0 atom stereocenters. The van der Waals surface area contributed by atoms with Crippen molar-refractivity contribution in [2.75, 3.05) is 0 Å². The summed E-state index contributed by atoms with van der Waals surface area (Å²) in [6.45, 7) is 6.32. The first-order chi connectivity index (χ1) is 7.61. The van der Waals surface area contributed by atoms with Crippen LogP contribution in [-0.4, -0.2) is 5.78 Å². The van der Waals surface area contributed by atoms with Crippen LogP contribution in [0.4, 0.5) is 0 Å². The predicted molar refractivity (Wildman–Crippen MR) is 68.8 cm³/mol. The average Bonchev–Trinajstić information content (AvgIpc) is 2.16. The second-order valence-electron chi connectivity index (χ2n) is 4.67. The molecule has 0 heterocycles. The highest BCUT2D eigenvalue weighted by Crippen LogP contribution is 2.11. The molecule has 88 valence electrons. The highest BCUT2D eigenvalue weighted by Gasteiger charge is 2.04. The van der Waals surface area contributed by atoms with Gasteiger partial charge in [0.25, 0.3) is 0 Å². The second kappa shape index (κ2) is 6.47. The Morgan fingerprint density at radius 2 is 1.69 bits per heavy atom. The number of hydrogen-bond donors (Lipinski definition) is 0. The van der Waals surface area contributed by atoms with Crippen LogP contribution in [0.2, 0.25) is 0 Å². The third kappa shape index (κ3) is 4.61. The third-order valence-electron chi connectivity index (χ3n) is 2.74. The van der Waals surface area contributed by atoms with Gasteiger partial charge < -0.3 is 0 Å².